The zero-order valence-corrected chi connectivity index (χ0v) is 48.2. The van der Waals surface area contributed by atoms with E-state index in [1.54, 1.807) is 135 Å². The first-order chi connectivity index (χ1) is 40.3. The second-order valence-corrected chi connectivity index (χ2v) is 21.3. The summed E-state index contributed by atoms with van der Waals surface area (Å²) >= 11 is 0. The summed E-state index contributed by atoms with van der Waals surface area (Å²) in [7, 11) is 0. The van der Waals surface area contributed by atoms with Crippen molar-refractivity contribution in [1.82, 2.24) is 53.2 Å². The topological polar surface area (TPSA) is 331 Å². The number of rotatable bonds is 18. The van der Waals surface area contributed by atoms with Crippen molar-refractivity contribution < 1.29 is 58.2 Å². The highest BCUT2D eigenvalue weighted by Gasteiger charge is 2.36. The number of urea groups is 2. The Morgan fingerprint density at radius 1 is 0.452 bits per heavy atom. The Bertz CT molecular complexity index is 2610. The van der Waals surface area contributed by atoms with Crippen LogP contribution in [0.5, 0.6) is 0 Å². The number of carboxylic acid groups (broad SMARTS) is 2. The van der Waals surface area contributed by atoms with Gasteiger partial charge in [0.1, 0.15) is 48.3 Å². The van der Waals surface area contributed by atoms with Crippen LogP contribution in [0.1, 0.15) is 101 Å². The lowest BCUT2D eigenvalue weighted by molar-refractivity contribution is -0.140. The predicted molar refractivity (Wildman–Crippen MR) is 315 cm³/mol. The van der Waals surface area contributed by atoms with Gasteiger partial charge in [0.25, 0.3) is 0 Å². The third kappa shape index (κ3) is 22.2. The van der Waals surface area contributed by atoms with Crippen LogP contribution in [-0.4, -0.2) is 131 Å². The fourth-order valence-corrected chi connectivity index (χ4v) is 9.52. The van der Waals surface area contributed by atoms with Gasteiger partial charge in [-0.3, -0.25) is 28.8 Å². The van der Waals surface area contributed by atoms with Gasteiger partial charge in [-0.2, -0.15) is 0 Å². The molecule has 0 unspecified atom stereocenters. The fraction of sp³-hybridized carbons (Fsp3) is 0.452. The molecule has 1 saturated heterocycles. The van der Waals surface area contributed by atoms with Crippen molar-refractivity contribution in [2.75, 3.05) is 13.1 Å². The Kier molecular flexibility index (Phi) is 27.2. The number of carboxylic acids is 2. The van der Waals surface area contributed by atoms with Crippen molar-refractivity contribution in [2.24, 2.45) is 11.8 Å². The number of carbonyl (C=O) groups is 10. The van der Waals surface area contributed by atoms with Gasteiger partial charge in [-0.1, -0.05) is 162 Å². The van der Waals surface area contributed by atoms with Gasteiger partial charge in [-0.25, -0.2) is 19.2 Å². The molecule has 22 nitrogen and oxygen atoms in total. The molecule has 22 heteroatoms. The Morgan fingerprint density at radius 3 is 1.08 bits per heavy atom. The molecule has 1 fully saturated rings. The van der Waals surface area contributed by atoms with E-state index in [2.05, 4.69) is 53.2 Å². The summed E-state index contributed by atoms with van der Waals surface area (Å²) in [6.07, 6.45) is 1.63. The molecule has 4 aromatic carbocycles. The number of aliphatic carboxylic acids is 2. The quantitative estimate of drug-likeness (QED) is 0.0677. The second kappa shape index (κ2) is 34.6. The second-order valence-electron chi connectivity index (χ2n) is 21.3. The molecule has 84 heavy (non-hydrogen) atoms. The van der Waals surface area contributed by atoms with Gasteiger partial charge < -0.3 is 63.4 Å². The zero-order valence-electron chi connectivity index (χ0n) is 48.2. The normalized spacial score (nSPS) is 21.6. The summed E-state index contributed by atoms with van der Waals surface area (Å²) in [5, 5.41) is 47.4. The minimum absolute atomic E-state index is 0.0365. The van der Waals surface area contributed by atoms with Crippen molar-refractivity contribution in [3.8, 4) is 0 Å². The predicted octanol–water partition coefficient (Wildman–Crippen LogP) is 3.82. The Hall–Kier alpha value is -8.82. The van der Waals surface area contributed by atoms with E-state index < -0.39 is 120 Å². The van der Waals surface area contributed by atoms with Crippen LogP contribution in [0, 0.1) is 11.8 Å². The monoisotopic (exact) mass is 1160 g/mol. The largest absolute Gasteiger partial charge is 0.480 e. The van der Waals surface area contributed by atoms with Crippen molar-refractivity contribution in [1.29, 1.82) is 0 Å². The van der Waals surface area contributed by atoms with E-state index in [0.29, 0.717) is 35.1 Å². The van der Waals surface area contributed by atoms with E-state index in [4.69, 9.17) is 0 Å². The van der Waals surface area contributed by atoms with Crippen molar-refractivity contribution in [2.45, 2.75) is 153 Å². The van der Waals surface area contributed by atoms with E-state index >= 15 is 0 Å². The molecule has 0 aromatic heterocycles. The summed E-state index contributed by atoms with van der Waals surface area (Å²) < 4.78 is 0. The number of amides is 10. The van der Waals surface area contributed by atoms with Crippen molar-refractivity contribution in [3.05, 3.63) is 144 Å². The molecule has 1 aliphatic heterocycles. The summed E-state index contributed by atoms with van der Waals surface area (Å²) in [5.41, 5.74) is 2.71. The van der Waals surface area contributed by atoms with Gasteiger partial charge in [0, 0.05) is 38.8 Å². The smallest absolute Gasteiger partial charge is 0.326 e. The Labute approximate surface area is 490 Å². The maximum Gasteiger partial charge on any atom is 0.326 e. The highest BCUT2D eigenvalue weighted by Crippen LogP contribution is 2.16. The number of benzene rings is 4. The van der Waals surface area contributed by atoms with E-state index in [0.717, 1.165) is 0 Å². The molecule has 10 amide bonds. The zero-order chi connectivity index (χ0) is 61.0. The standard InChI is InChI=1S/C62H82N10O12/c1-5-39(3)51-57(77)65-47(35-41-23-11-7-12-24-41)53(73)63-33-22-20-32-46(68-62(84)70-50(60(81)82)38-44-29-17-10-18-30-44)56(76)72-52(40(4)6-2)58(78)66-48(36-42-25-13-8-14-26-42)54(74)64-34-21-19-31-45(55(75)71-51)67-61(83)69-49(59(79)80)37-43-27-15-9-16-28-43/h7-18,23-30,39-40,45-52H,5-6,19-22,31-38H2,1-4H3,(H,63,73)(H,64,74)(H,65,77)(H,66,78)(H,71,75)(H,72,76)(H,79,80)(H,81,82)(H2,67,69,83)(H2,68,70,84)/t39-,40-,45+,46+,47-,48-,49-,50-,51-,52-/m0/s1. The molecule has 0 spiro atoms. The number of hydrogen-bond acceptors (Lipinski definition) is 10. The molecule has 1 aliphatic rings. The first-order valence-corrected chi connectivity index (χ1v) is 28.9. The van der Waals surface area contributed by atoms with E-state index in [1.807, 2.05) is 13.8 Å². The highest BCUT2D eigenvalue weighted by atomic mass is 16.4. The fourth-order valence-electron chi connectivity index (χ4n) is 9.52. The van der Waals surface area contributed by atoms with Gasteiger partial charge in [0.2, 0.25) is 35.4 Å². The third-order valence-corrected chi connectivity index (χ3v) is 14.9. The lowest BCUT2D eigenvalue weighted by Gasteiger charge is -2.29. The van der Waals surface area contributed by atoms with Gasteiger partial charge >= 0.3 is 24.0 Å². The number of carbonyl (C=O) groups excluding carboxylic acids is 8. The van der Waals surface area contributed by atoms with Crippen molar-refractivity contribution in [3.63, 3.8) is 0 Å². The Balaban J connectivity index is 1.46. The van der Waals surface area contributed by atoms with Crippen LogP contribution >= 0.6 is 0 Å². The third-order valence-electron chi connectivity index (χ3n) is 14.9. The first-order valence-electron chi connectivity index (χ1n) is 28.9. The van der Waals surface area contributed by atoms with Crippen LogP contribution in [0.25, 0.3) is 0 Å². The maximum atomic E-state index is 14.5. The number of nitrogens with one attached hydrogen (secondary N) is 10. The minimum Gasteiger partial charge on any atom is -0.480 e. The van der Waals surface area contributed by atoms with Crippen LogP contribution in [0.3, 0.4) is 0 Å². The molecule has 12 N–H and O–H groups in total. The van der Waals surface area contributed by atoms with Crippen LogP contribution < -0.4 is 53.2 Å². The summed E-state index contributed by atoms with van der Waals surface area (Å²) in [6, 6.07) is 23.2. The molecule has 1 heterocycles. The van der Waals surface area contributed by atoms with E-state index in [-0.39, 0.29) is 77.3 Å². The van der Waals surface area contributed by atoms with Crippen LogP contribution in [0.2, 0.25) is 0 Å². The van der Waals surface area contributed by atoms with E-state index in [9.17, 15) is 58.2 Å². The summed E-state index contributed by atoms with van der Waals surface area (Å²) in [5.74, 6) is -7.64. The highest BCUT2D eigenvalue weighted by molar-refractivity contribution is 5.96. The molecule has 10 atom stereocenters. The SMILES string of the molecule is CC[C@H](C)[C@@H]1NC(=O)[C@H](NC(=O)N[C@@H](Cc2ccccc2)C(=O)O)CCCCNC(=O)[C@H](Cc2ccccc2)NC(=O)[C@H]([C@@H](C)CC)NC(=O)[C@H](NC(=O)N[C@@H](Cc2ccccc2)C(=O)O)CCCCNC(=O)[C@H](Cc2ccccc2)NC1=O. The maximum absolute atomic E-state index is 14.5. The van der Waals surface area contributed by atoms with Gasteiger partial charge in [0.05, 0.1) is 0 Å². The minimum atomic E-state index is -1.38. The molecule has 5 rings (SSSR count). The molecule has 0 bridgehead atoms. The molecule has 452 valence electrons. The van der Waals surface area contributed by atoms with Gasteiger partial charge in [-0.05, 0) is 72.6 Å². The molecule has 4 aromatic rings. The van der Waals surface area contributed by atoms with E-state index in [1.165, 1.54) is 0 Å². The molecular weight excluding hydrogens is 1080 g/mol. The average Bonchev–Trinajstić information content (AvgIpc) is 3.55. The lowest BCUT2D eigenvalue weighted by Crippen LogP contribution is -2.60. The average molecular weight is 1160 g/mol. The van der Waals surface area contributed by atoms with Crippen LogP contribution in [0.15, 0.2) is 121 Å². The molecule has 0 radical (unpaired) electrons. The van der Waals surface area contributed by atoms with Crippen molar-refractivity contribution >= 4 is 59.4 Å². The lowest BCUT2D eigenvalue weighted by atomic mass is 9.96. The van der Waals surface area contributed by atoms with Gasteiger partial charge in [-0.15, -0.1) is 0 Å². The van der Waals surface area contributed by atoms with Crippen LogP contribution in [-0.2, 0) is 64.0 Å². The Morgan fingerprint density at radius 2 is 0.774 bits per heavy atom. The first kappa shape index (κ1) is 66.0. The number of hydrogen-bond donors (Lipinski definition) is 12. The summed E-state index contributed by atoms with van der Waals surface area (Å²) in [4.78, 5) is 138. The molecule has 0 saturated carbocycles. The molecular formula is C62H82N10O12. The summed E-state index contributed by atoms with van der Waals surface area (Å²) in [6.45, 7) is 7.20. The van der Waals surface area contributed by atoms with Crippen LogP contribution in [0.4, 0.5) is 9.59 Å². The van der Waals surface area contributed by atoms with Gasteiger partial charge in [0.15, 0.2) is 0 Å². The molecule has 0 aliphatic carbocycles.